The lowest BCUT2D eigenvalue weighted by molar-refractivity contribution is 0.0988. The number of nitrogens with zero attached hydrogens (tertiary/aromatic N) is 3. The molecule has 1 aromatic carbocycles. The smallest absolute Gasteiger partial charge is 0.267 e. The van der Waals surface area contributed by atoms with E-state index in [2.05, 4.69) is 9.97 Å². The number of amides is 2. The van der Waals surface area contributed by atoms with Gasteiger partial charge in [-0.1, -0.05) is 12.1 Å². The molecule has 4 N–H and O–H groups in total. The van der Waals surface area contributed by atoms with Crippen molar-refractivity contribution in [2.75, 3.05) is 0 Å². The van der Waals surface area contributed by atoms with E-state index in [1.54, 1.807) is 28.8 Å². The number of primary amides is 2. The highest BCUT2D eigenvalue weighted by atomic mass is 16.1. The zero-order chi connectivity index (χ0) is 19.8. The predicted octanol–water partition coefficient (Wildman–Crippen LogP) is 2.57. The Bertz CT molecular complexity index is 1240. The van der Waals surface area contributed by atoms with Gasteiger partial charge >= 0.3 is 0 Å². The molecule has 0 saturated carbocycles. The maximum absolute atomic E-state index is 11.7. The molecule has 7 heteroatoms. The van der Waals surface area contributed by atoms with Gasteiger partial charge in [0.1, 0.15) is 11.3 Å². The summed E-state index contributed by atoms with van der Waals surface area (Å²) < 4.78 is 1.63. The molecular formula is C21H17N5O2. The van der Waals surface area contributed by atoms with Crippen LogP contribution < -0.4 is 11.5 Å². The Morgan fingerprint density at radius 2 is 1.79 bits per heavy atom. The fourth-order valence-electron chi connectivity index (χ4n) is 3.17. The largest absolute Gasteiger partial charge is 0.366 e. The Morgan fingerprint density at radius 1 is 0.964 bits per heavy atom. The van der Waals surface area contributed by atoms with Crippen molar-refractivity contribution in [1.29, 1.82) is 0 Å². The SMILES string of the molecule is Cc1cccc(-c2ccc(C(N)=O)cc2-c2ccc3ncc(C(N)=O)n3c2)n1. The maximum atomic E-state index is 11.7. The molecule has 0 saturated heterocycles. The summed E-state index contributed by atoms with van der Waals surface area (Å²) >= 11 is 0. The summed E-state index contributed by atoms with van der Waals surface area (Å²) in [5.41, 5.74) is 16.2. The highest BCUT2D eigenvalue weighted by molar-refractivity contribution is 5.96. The summed E-state index contributed by atoms with van der Waals surface area (Å²) in [6, 6.07) is 14.6. The van der Waals surface area contributed by atoms with E-state index in [9.17, 15) is 9.59 Å². The first-order valence-corrected chi connectivity index (χ1v) is 8.59. The highest BCUT2D eigenvalue weighted by Crippen LogP contribution is 2.32. The third-order valence-corrected chi connectivity index (χ3v) is 4.54. The van der Waals surface area contributed by atoms with Crippen LogP contribution in [0.5, 0.6) is 0 Å². The van der Waals surface area contributed by atoms with Gasteiger partial charge in [0.05, 0.1) is 11.9 Å². The Labute approximate surface area is 160 Å². The van der Waals surface area contributed by atoms with E-state index in [-0.39, 0.29) is 5.69 Å². The Kier molecular flexibility index (Phi) is 4.12. The van der Waals surface area contributed by atoms with Gasteiger partial charge in [0.15, 0.2) is 0 Å². The molecule has 0 atom stereocenters. The number of hydrogen-bond acceptors (Lipinski definition) is 4. The Morgan fingerprint density at radius 3 is 2.50 bits per heavy atom. The number of hydrogen-bond donors (Lipinski definition) is 2. The van der Waals surface area contributed by atoms with Gasteiger partial charge in [-0.3, -0.25) is 19.0 Å². The normalized spacial score (nSPS) is 10.9. The number of fused-ring (bicyclic) bond motifs is 1. The van der Waals surface area contributed by atoms with Gasteiger partial charge in [-0.25, -0.2) is 4.98 Å². The fraction of sp³-hybridized carbons (Fsp3) is 0.0476. The Hall–Kier alpha value is -4.00. The molecule has 0 unspecified atom stereocenters. The first kappa shape index (κ1) is 17.4. The standard InChI is InChI=1S/C21H17N5O2/c1-12-3-2-4-17(25-12)15-7-5-13(20(22)27)9-16(15)14-6-8-19-24-10-18(21(23)28)26(19)11-14/h2-11H,1H3,(H2,22,27)(H2,23,28). The van der Waals surface area contributed by atoms with Crippen molar-refractivity contribution >= 4 is 17.5 Å². The molecule has 0 aliphatic rings. The summed E-state index contributed by atoms with van der Waals surface area (Å²) in [7, 11) is 0. The monoisotopic (exact) mass is 371 g/mol. The molecule has 0 fully saturated rings. The van der Waals surface area contributed by atoms with Crippen LogP contribution in [-0.2, 0) is 0 Å². The number of carbonyl (C=O) groups is 2. The van der Waals surface area contributed by atoms with Crippen molar-refractivity contribution in [3.8, 4) is 22.4 Å². The third-order valence-electron chi connectivity index (χ3n) is 4.54. The molecule has 7 nitrogen and oxygen atoms in total. The molecule has 4 rings (SSSR count). The molecule has 4 aromatic rings. The predicted molar refractivity (Wildman–Crippen MR) is 106 cm³/mol. The second kappa shape index (κ2) is 6.62. The molecule has 0 aliphatic carbocycles. The maximum Gasteiger partial charge on any atom is 0.267 e. The van der Waals surface area contributed by atoms with Gasteiger partial charge in [-0.15, -0.1) is 0 Å². The van der Waals surface area contributed by atoms with Gasteiger partial charge < -0.3 is 11.5 Å². The van der Waals surface area contributed by atoms with Crippen LogP contribution in [0.2, 0.25) is 0 Å². The summed E-state index contributed by atoms with van der Waals surface area (Å²) in [6.07, 6.45) is 3.20. The molecule has 3 heterocycles. The van der Waals surface area contributed by atoms with Crippen LogP contribution in [0.1, 0.15) is 26.5 Å². The van der Waals surface area contributed by atoms with Gasteiger partial charge in [0.2, 0.25) is 5.91 Å². The van der Waals surface area contributed by atoms with E-state index in [1.807, 2.05) is 37.3 Å². The van der Waals surface area contributed by atoms with Crippen molar-refractivity contribution in [2.45, 2.75) is 6.92 Å². The van der Waals surface area contributed by atoms with E-state index in [0.717, 1.165) is 28.1 Å². The molecule has 0 radical (unpaired) electrons. The average Bonchev–Trinajstić information content (AvgIpc) is 3.11. The third kappa shape index (κ3) is 2.99. The molecule has 3 aromatic heterocycles. The van der Waals surface area contributed by atoms with Crippen molar-refractivity contribution < 1.29 is 9.59 Å². The van der Waals surface area contributed by atoms with Gasteiger partial charge in [0.25, 0.3) is 5.91 Å². The van der Waals surface area contributed by atoms with E-state index in [0.29, 0.717) is 11.2 Å². The molecule has 0 aliphatic heterocycles. The van der Waals surface area contributed by atoms with Crippen LogP contribution >= 0.6 is 0 Å². The minimum Gasteiger partial charge on any atom is -0.366 e. The zero-order valence-electron chi connectivity index (χ0n) is 15.1. The quantitative estimate of drug-likeness (QED) is 0.573. The van der Waals surface area contributed by atoms with E-state index < -0.39 is 11.8 Å². The van der Waals surface area contributed by atoms with Crippen molar-refractivity contribution in [2.24, 2.45) is 11.5 Å². The number of nitrogens with two attached hydrogens (primary N) is 2. The minimum absolute atomic E-state index is 0.276. The van der Waals surface area contributed by atoms with Gasteiger partial charge in [-0.2, -0.15) is 0 Å². The van der Waals surface area contributed by atoms with Crippen molar-refractivity contribution in [1.82, 2.24) is 14.4 Å². The number of rotatable bonds is 4. The summed E-state index contributed by atoms with van der Waals surface area (Å²) in [6.45, 7) is 1.91. The molecular weight excluding hydrogens is 354 g/mol. The number of benzene rings is 1. The lowest BCUT2D eigenvalue weighted by Crippen LogP contribution is -2.13. The van der Waals surface area contributed by atoms with E-state index >= 15 is 0 Å². The number of aromatic nitrogens is 3. The topological polar surface area (TPSA) is 116 Å². The molecule has 0 spiro atoms. The van der Waals surface area contributed by atoms with Gasteiger partial charge in [0, 0.05) is 23.0 Å². The second-order valence-corrected chi connectivity index (χ2v) is 6.44. The molecule has 28 heavy (non-hydrogen) atoms. The lowest BCUT2D eigenvalue weighted by atomic mass is 9.95. The zero-order valence-corrected chi connectivity index (χ0v) is 15.1. The van der Waals surface area contributed by atoms with Crippen LogP contribution in [0.15, 0.2) is 60.9 Å². The summed E-state index contributed by atoms with van der Waals surface area (Å²) in [5, 5.41) is 0. The van der Waals surface area contributed by atoms with Crippen LogP contribution in [0.25, 0.3) is 28.0 Å². The Balaban J connectivity index is 1.98. The minimum atomic E-state index is -0.573. The second-order valence-electron chi connectivity index (χ2n) is 6.44. The summed E-state index contributed by atoms with van der Waals surface area (Å²) in [4.78, 5) is 32.2. The van der Waals surface area contributed by atoms with Crippen LogP contribution in [0.3, 0.4) is 0 Å². The van der Waals surface area contributed by atoms with E-state index in [1.165, 1.54) is 6.20 Å². The molecule has 0 bridgehead atoms. The van der Waals surface area contributed by atoms with Crippen LogP contribution in [0, 0.1) is 6.92 Å². The fourth-order valence-corrected chi connectivity index (χ4v) is 3.17. The number of pyridine rings is 2. The van der Waals surface area contributed by atoms with Gasteiger partial charge in [-0.05, 0) is 54.4 Å². The number of aryl methyl sites for hydroxylation is 1. The number of imidazole rings is 1. The van der Waals surface area contributed by atoms with E-state index in [4.69, 9.17) is 11.5 Å². The van der Waals surface area contributed by atoms with Crippen molar-refractivity contribution in [3.63, 3.8) is 0 Å². The summed E-state index contributed by atoms with van der Waals surface area (Å²) in [5.74, 6) is -1.09. The van der Waals surface area contributed by atoms with Crippen LogP contribution in [0.4, 0.5) is 0 Å². The van der Waals surface area contributed by atoms with Crippen LogP contribution in [-0.4, -0.2) is 26.2 Å². The highest BCUT2D eigenvalue weighted by Gasteiger charge is 2.15. The first-order valence-electron chi connectivity index (χ1n) is 8.59. The molecule has 2 amide bonds. The average molecular weight is 371 g/mol. The lowest BCUT2D eigenvalue weighted by Gasteiger charge is -2.12. The first-order chi connectivity index (χ1) is 13.4. The van der Waals surface area contributed by atoms with Crippen molar-refractivity contribution in [3.05, 3.63) is 77.9 Å². The molecule has 138 valence electrons. The number of carbonyl (C=O) groups excluding carboxylic acids is 2.